The van der Waals surface area contributed by atoms with Crippen LogP contribution >= 0.6 is 0 Å². The van der Waals surface area contributed by atoms with Gasteiger partial charge < -0.3 is 10.8 Å². The average molecular weight is 269 g/mol. The first kappa shape index (κ1) is 14.6. The number of benzene rings is 2. The summed E-state index contributed by atoms with van der Waals surface area (Å²) in [6.45, 7) is 6.85. The summed E-state index contributed by atoms with van der Waals surface area (Å²) in [5.41, 5.74) is 10.2. The van der Waals surface area contributed by atoms with Gasteiger partial charge in [-0.3, -0.25) is 0 Å². The van der Waals surface area contributed by atoms with Gasteiger partial charge in [0.05, 0.1) is 0 Å². The van der Waals surface area contributed by atoms with E-state index in [9.17, 15) is 5.11 Å². The van der Waals surface area contributed by atoms with Crippen molar-refractivity contribution in [3.63, 3.8) is 0 Å². The molecular formula is C18H23NO. The third-order valence-corrected chi connectivity index (χ3v) is 3.57. The Bertz CT molecular complexity index is 582. The molecule has 0 fully saturated rings. The normalized spacial score (nSPS) is 11.6. The molecule has 0 saturated heterocycles. The fraction of sp³-hybridized carbons (Fsp3) is 0.333. The maximum atomic E-state index is 10.1. The highest BCUT2D eigenvalue weighted by Gasteiger charge is 2.20. The van der Waals surface area contributed by atoms with Crippen LogP contribution in [0.3, 0.4) is 0 Å². The van der Waals surface area contributed by atoms with Crippen LogP contribution in [0.1, 0.15) is 43.0 Å². The van der Waals surface area contributed by atoms with E-state index in [2.05, 4.69) is 45.0 Å². The van der Waals surface area contributed by atoms with Gasteiger partial charge in [0.25, 0.3) is 0 Å². The van der Waals surface area contributed by atoms with Crippen molar-refractivity contribution in [2.24, 2.45) is 5.73 Å². The minimum Gasteiger partial charge on any atom is -0.508 e. The van der Waals surface area contributed by atoms with E-state index in [1.165, 1.54) is 16.7 Å². The highest BCUT2D eigenvalue weighted by molar-refractivity contribution is 5.46. The zero-order valence-corrected chi connectivity index (χ0v) is 12.5. The fourth-order valence-electron chi connectivity index (χ4n) is 2.51. The van der Waals surface area contributed by atoms with E-state index in [-0.39, 0.29) is 5.41 Å². The minimum atomic E-state index is -0.00524. The predicted molar refractivity (Wildman–Crippen MR) is 83.9 cm³/mol. The van der Waals surface area contributed by atoms with E-state index in [4.69, 9.17) is 5.73 Å². The van der Waals surface area contributed by atoms with Crippen LogP contribution in [0.15, 0.2) is 42.5 Å². The van der Waals surface area contributed by atoms with Crippen molar-refractivity contribution in [3.8, 4) is 5.75 Å². The van der Waals surface area contributed by atoms with Gasteiger partial charge in [-0.1, -0.05) is 57.2 Å². The number of hydrogen-bond donors (Lipinski definition) is 2. The molecular weight excluding hydrogens is 246 g/mol. The van der Waals surface area contributed by atoms with Gasteiger partial charge in [0.15, 0.2) is 0 Å². The van der Waals surface area contributed by atoms with E-state index in [1.54, 1.807) is 0 Å². The van der Waals surface area contributed by atoms with Gasteiger partial charge in [-0.25, -0.2) is 0 Å². The lowest BCUT2D eigenvalue weighted by atomic mass is 9.81. The molecule has 2 rings (SSSR count). The Morgan fingerprint density at radius 1 is 1.00 bits per heavy atom. The molecule has 20 heavy (non-hydrogen) atoms. The van der Waals surface area contributed by atoms with Crippen molar-refractivity contribution in [2.45, 2.75) is 39.2 Å². The molecule has 0 atom stereocenters. The molecule has 2 heteroatoms. The third-order valence-electron chi connectivity index (χ3n) is 3.57. The summed E-state index contributed by atoms with van der Waals surface area (Å²) < 4.78 is 0. The van der Waals surface area contributed by atoms with Crippen LogP contribution < -0.4 is 5.73 Å². The van der Waals surface area contributed by atoms with Crippen molar-refractivity contribution in [1.29, 1.82) is 0 Å². The SMILES string of the molecule is CC(C)(C)c1cc(O)c(CN)cc1Cc1ccccc1. The summed E-state index contributed by atoms with van der Waals surface area (Å²) in [6.07, 6.45) is 0.862. The van der Waals surface area contributed by atoms with Gasteiger partial charge in [-0.05, 0) is 34.6 Å². The molecule has 2 aromatic carbocycles. The number of aromatic hydroxyl groups is 1. The Morgan fingerprint density at radius 3 is 2.20 bits per heavy atom. The molecule has 0 aromatic heterocycles. The molecule has 2 nitrogen and oxygen atoms in total. The topological polar surface area (TPSA) is 46.2 Å². The molecule has 0 saturated carbocycles. The molecule has 0 spiro atoms. The summed E-state index contributed by atoms with van der Waals surface area (Å²) in [4.78, 5) is 0. The molecule has 0 amide bonds. The first-order valence-electron chi connectivity index (χ1n) is 7.01. The highest BCUT2D eigenvalue weighted by atomic mass is 16.3. The van der Waals surface area contributed by atoms with Crippen LogP contribution in [-0.2, 0) is 18.4 Å². The van der Waals surface area contributed by atoms with Crippen LogP contribution in [-0.4, -0.2) is 5.11 Å². The Kier molecular flexibility index (Phi) is 4.15. The lowest BCUT2D eigenvalue weighted by molar-refractivity contribution is 0.463. The molecule has 0 aliphatic heterocycles. The predicted octanol–water partition coefficient (Wildman–Crippen LogP) is 3.74. The minimum absolute atomic E-state index is 0.00524. The fourth-order valence-corrected chi connectivity index (χ4v) is 2.51. The Balaban J connectivity index is 2.49. The molecule has 0 aliphatic rings. The molecule has 0 bridgehead atoms. The van der Waals surface area contributed by atoms with Crippen molar-refractivity contribution in [1.82, 2.24) is 0 Å². The monoisotopic (exact) mass is 269 g/mol. The van der Waals surface area contributed by atoms with Crippen LogP contribution in [0.4, 0.5) is 0 Å². The lowest BCUT2D eigenvalue weighted by Gasteiger charge is -2.24. The van der Waals surface area contributed by atoms with E-state index in [1.807, 2.05) is 18.2 Å². The Morgan fingerprint density at radius 2 is 1.65 bits per heavy atom. The standard InChI is InChI=1S/C18H23NO/c1-18(2,3)16-11-17(20)15(12-19)10-14(16)9-13-7-5-4-6-8-13/h4-8,10-11,20H,9,12,19H2,1-3H3. The van der Waals surface area contributed by atoms with E-state index < -0.39 is 0 Å². The summed E-state index contributed by atoms with van der Waals surface area (Å²) in [5, 5.41) is 10.1. The Hall–Kier alpha value is -1.80. The van der Waals surface area contributed by atoms with Crippen LogP contribution in [0.25, 0.3) is 0 Å². The largest absolute Gasteiger partial charge is 0.508 e. The second kappa shape index (κ2) is 5.68. The zero-order valence-electron chi connectivity index (χ0n) is 12.5. The smallest absolute Gasteiger partial charge is 0.120 e. The number of nitrogens with two attached hydrogens (primary N) is 1. The number of phenols is 1. The zero-order chi connectivity index (χ0) is 14.8. The van der Waals surface area contributed by atoms with E-state index >= 15 is 0 Å². The maximum absolute atomic E-state index is 10.1. The number of phenolic OH excluding ortho intramolecular Hbond substituents is 1. The van der Waals surface area contributed by atoms with Crippen molar-refractivity contribution < 1.29 is 5.11 Å². The third kappa shape index (κ3) is 3.20. The van der Waals surface area contributed by atoms with Crippen LogP contribution in [0.2, 0.25) is 0 Å². The lowest BCUT2D eigenvalue weighted by Crippen LogP contribution is -2.15. The summed E-state index contributed by atoms with van der Waals surface area (Å²) in [5.74, 6) is 0.300. The molecule has 0 radical (unpaired) electrons. The van der Waals surface area contributed by atoms with Gasteiger partial charge in [0, 0.05) is 12.1 Å². The van der Waals surface area contributed by atoms with Gasteiger partial charge >= 0.3 is 0 Å². The van der Waals surface area contributed by atoms with Crippen LogP contribution in [0, 0.1) is 0 Å². The first-order chi connectivity index (χ1) is 9.41. The summed E-state index contributed by atoms with van der Waals surface area (Å²) in [7, 11) is 0. The van der Waals surface area contributed by atoms with Gasteiger partial charge in [0.1, 0.15) is 5.75 Å². The highest BCUT2D eigenvalue weighted by Crippen LogP contribution is 2.32. The van der Waals surface area contributed by atoms with Crippen molar-refractivity contribution in [2.75, 3.05) is 0 Å². The molecule has 2 aromatic rings. The second-order valence-corrected chi connectivity index (χ2v) is 6.25. The van der Waals surface area contributed by atoms with Gasteiger partial charge in [0.2, 0.25) is 0 Å². The van der Waals surface area contributed by atoms with Gasteiger partial charge in [-0.2, -0.15) is 0 Å². The number of rotatable bonds is 3. The summed E-state index contributed by atoms with van der Waals surface area (Å²) >= 11 is 0. The molecule has 0 unspecified atom stereocenters. The summed E-state index contributed by atoms with van der Waals surface area (Å²) in [6, 6.07) is 14.3. The van der Waals surface area contributed by atoms with Gasteiger partial charge in [-0.15, -0.1) is 0 Å². The maximum Gasteiger partial charge on any atom is 0.120 e. The number of hydrogen-bond acceptors (Lipinski definition) is 2. The van der Waals surface area contributed by atoms with Crippen molar-refractivity contribution >= 4 is 0 Å². The second-order valence-electron chi connectivity index (χ2n) is 6.25. The van der Waals surface area contributed by atoms with E-state index in [0.717, 1.165) is 12.0 Å². The molecule has 3 N–H and O–H groups in total. The average Bonchev–Trinajstić information content (AvgIpc) is 2.40. The molecule has 106 valence electrons. The molecule has 0 heterocycles. The first-order valence-corrected chi connectivity index (χ1v) is 7.01. The Labute approximate surface area is 121 Å². The van der Waals surface area contributed by atoms with Crippen LogP contribution in [0.5, 0.6) is 5.75 Å². The van der Waals surface area contributed by atoms with E-state index in [0.29, 0.717) is 12.3 Å². The molecule has 0 aliphatic carbocycles. The van der Waals surface area contributed by atoms with Crippen molar-refractivity contribution in [3.05, 3.63) is 64.7 Å². The quantitative estimate of drug-likeness (QED) is 0.891.